The molecule has 32 heavy (non-hydrogen) atoms. The summed E-state index contributed by atoms with van der Waals surface area (Å²) in [7, 11) is 0. The van der Waals surface area contributed by atoms with Crippen LogP contribution in [0.3, 0.4) is 0 Å². The van der Waals surface area contributed by atoms with Crippen molar-refractivity contribution in [3.8, 4) is 23.2 Å². The first-order valence-corrected chi connectivity index (χ1v) is 10.4. The van der Waals surface area contributed by atoms with Crippen LogP contribution in [0.25, 0.3) is 5.82 Å². The fourth-order valence-electron chi connectivity index (χ4n) is 2.86. The molecule has 1 amide bonds. The van der Waals surface area contributed by atoms with E-state index in [0.29, 0.717) is 44.8 Å². The molecule has 0 fully saturated rings. The van der Waals surface area contributed by atoms with Crippen molar-refractivity contribution >= 4 is 34.8 Å². The molecule has 1 N–H and O–H groups in total. The number of hydrogen-bond acceptors (Lipinski definition) is 5. The van der Waals surface area contributed by atoms with Gasteiger partial charge in [0.1, 0.15) is 23.1 Å². The van der Waals surface area contributed by atoms with Gasteiger partial charge in [0.25, 0.3) is 5.91 Å². The number of nitrogens with one attached hydrogen (secondary N) is 1. The number of aryl methyl sites for hydroxylation is 1. The third-order valence-electron chi connectivity index (χ3n) is 4.28. The average Bonchev–Trinajstić information content (AvgIpc) is 3.29. The molecule has 0 aliphatic rings. The second kappa shape index (κ2) is 9.72. The zero-order valence-corrected chi connectivity index (χ0v) is 18.5. The van der Waals surface area contributed by atoms with Crippen LogP contribution in [0.4, 0.5) is 5.69 Å². The Bertz CT molecular complexity index is 1230. The van der Waals surface area contributed by atoms with Crippen molar-refractivity contribution in [2.75, 3.05) is 11.9 Å². The van der Waals surface area contributed by atoms with Crippen LogP contribution in [0.15, 0.2) is 73.1 Å². The van der Waals surface area contributed by atoms with Crippen molar-refractivity contribution in [3.63, 3.8) is 0 Å². The van der Waals surface area contributed by atoms with E-state index in [4.69, 9.17) is 32.7 Å². The highest BCUT2D eigenvalue weighted by Crippen LogP contribution is 2.27. The molecule has 4 rings (SSSR count). The highest BCUT2D eigenvalue weighted by atomic mass is 35.5. The molecule has 9 heteroatoms. The lowest BCUT2D eigenvalue weighted by atomic mass is 10.3. The van der Waals surface area contributed by atoms with E-state index in [1.165, 1.54) is 0 Å². The third kappa shape index (κ3) is 5.57. The van der Waals surface area contributed by atoms with Gasteiger partial charge in [-0.25, -0.2) is 4.98 Å². The lowest BCUT2D eigenvalue weighted by Crippen LogP contribution is -2.20. The van der Waals surface area contributed by atoms with Crippen LogP contribution in [-0.2, 0) is 4.79 Å². The Morgan fingerprint density at radius 2 is 1.78 bits per heavy atom. The van der Waals surface area contributed by atoms with Crippen LogP contribution in [0, 0.1) is 6.92 Å². The molecule has 2 heterocycles. The molecule has 0 bridgehead atoms. The first-order chi connectivity index (χ1) is 15.5. The molecule has 0 atom stereocenters. The van der Waals surface area contributed by atoms with Crippen LogP contribution in [0.5, 0.6) is 17.4 Å². The summed E-state index contributed by atoms with van der Waals surface area (Å²) in [6.45, 7) is 1.61. The maximum Gasteiger partial charge on any atom is 0.262 e. The van der Waals surface area contributed by atoms with Crippen LogP contribution in [-0.4, -0.2) is 27.0 Å². The minimum absolute atomic E-state index is 0.192. The molecule has 0 unspecified atom stereocenters. The van der Waals surface area contributed by atoms with Gasteiger partial charge in [-0.05, 0) is 61.5 Å². The molecule has 0 saturated heterocycles. The number of halogens is 2. The van der Waals surface area contributed by atoms with Crippen molar-refractivity contribution in [3.05, 3.63) is 88.9 Å². The van der Waals surface area contributed by atoms with Gasteiger partial charge in [0.2, 0.25) is 5.88 Å². The monoisotopic (exact) mass is 468 g/mol. The SMILES string of the molecule is Cc1nc(Oc2ccc(NC(=O)COc3ccc(Cl)cc3Cl)cc2)cc(-n2cccc2)n1. The molecule has 0 radical (unpaired) electrons. The van der Waals surface area contributed by atoms with Crippen LogP contribution in [0.2, 0.25) is 10.0 Å². The molecule has 2 aromatic heterocycles. The highest BCUT2D eigenvalue weighted by molar-refractivity contribution is 6.35. The molecule has 4 aromatic rings. The first-order valence-electron chi connectivity index (χ1n) is 9.61. The van der Waals surface area contributed by atoms with E-state index in [2.05, 4.69) is 15.3 Å². The van der Waals surface area contributed by atoms with E-state index in [-0.39, 0.29) is 12.5 Å². The second-order valence-corrected chi connectivity index (χ2v) is 7.58. The van der Waals surface area contributed by atoms with E-state index in [0.717, 1.165) is 0 Å². The molecule has 0 spiro atoms. The van der Waals surface area contributed by atoms with Gasteiger partial charge in [0.15, 0.2) is 6.61 Å². The minimum atomic E-state index is -0.326. The quantitative estimate of drug-likeness (QED) is 0.376. The maximum absolute atomic E-state index is 12.2. The summed E-state index contributed by atoms with van der Waals surface area (Å²) in [6, 6.07) is 17.3. The Morgan fingerprint density at radius 1 is 1.03 bits per heavy atom. The number of amides is 1. The third-order valence-corrected chi connectivity index (χ3v) is 4.81. The average molecular weight is 469 g/mol. The summed E-state index contributed by atoms with van der Waals surface area (Å²) in [5.74, 6) is 2.36. The summed E-state index contributed by atoms with van der Waals surface area (Å²) in [5.41, 5.74) is 0.597. The van der Waals surface area contributed by atoms with Crippen molar-refractivity contribution in [2.24, 2.45) is 0 Å². The van der Waals surface area contributed by atoms with Crippen molar-refractivity contribution in [1.29, 1.82) is 0 Å². The summed E-state index contributed by atoms with van der Waals surface area (Å²) in [5, 5.41) is 3.59. The van der Waals surface area contributed by atoms with E-state index < -0.39 is 0 Å². The molecular formula is C23H18Cl2N4O3. The van der Waals surface area contributed by atoms with E-state index >= 15 is 0 Å². The number of aromatic nitrogens is 3. The lowest BCUT2D eigenvalue weighted by Gasteiger charge is -2.10. The largest absolute Gasteiger partial charge is 0.482 e. The molecule has 7 nitrogen and oxygen atoms in total. The van der Waals surface area contributed by atoms with Gasteiger partial charge in [-0.15, -0.1) is 0 Å². The Morgan fingerprint density at radius 3 is 2.50 bits per heavy atom. The van der Waals surface area contributed by atoms with E-state index in [1.807, 2.05) is 29.1 Å². The number of carbonyl (C=O) groups excluding carboxylic acids is 1. The Kier molecular flexibility index (Phi) is 6.58. The molecule has 2 aromatic carbocycles. The van der Waals surface area contributed by atoms with E-state index in [1.54, 1.807) is 55.5 Å². The number of anilines is 1. The normalized spacial score (nSPS) is 10.6. The molecule has 0 aliphatic carbocycles. The molecule has 0 aliphatic heterocycles. The highest BCUT2D eigenvalue weighted by Gasteiger charge is 2.09. The molecule has 0 saturated carbocycles. The van der Waals surface area contributed by atoms with Crippen molar-refractivity contribution in [1.82, 2.24) is 14.5 Å². The van der Waals surface area contributed by atoms with Gasteiger partial charge < -0.3 is 19.4 Å². The van der Waals surface area contributed by atoms with Gasteiger partial charge >= 0.3 is 0 Å². The van der Waals surface area contributed by atoms with Gasteiger partial charge in [0.05, 0.1) is 5.02 Å². The van der Waals surface area contributed by atoms with Crippen LogP contribution in [0.1, 0.15) is 5.82 Å². The lowest BCUT2D eigenvalue weighted by molar-refractivity contribution is -0.118. The van der Waals surface area contributed by atoms with Crippen LogP contribution < -0.4 is 14.8 Å². The topological polar surface area (TPSA) is 78.3 Å². The first kappa shape index (κ1) is 21.7. The number of ether oxygens (including phenoxy) is 2. The Balaban J connectivity index is 1.35. The fourth-order valence-corrected chi connectivity index (χ4v) is 3.32. The minimum Gasteiger partial charge on any atom is -0.482 e. The van der Waals surface area contributed by atoms with Gasteiger partial charge in [-0.3, -0.25) is 4.79 Å². The number of hydrogen-bond donors (Lipinski definition) is 1. The number of nitrogens with zero attached hydrogens (tertiary/aromatic N) is 3. The smallest absolute Gasteiger partial charge is 0.262 e. The van der Waals surface area contributed by atoms with Crippen LogP contribution >= 0.6 is 23.2 Å². The Labute approximate surface area is 194 Å². The summed E-state index contributed by atoms with van der Waals surface area (Å²) in [6.07, 6.45) is 3.79. The zero-order valence-electron chi connectivity index (χ0n) is 17.0. The number of benzene rings is 2. The predicted octanol–water partition coefficient (Wildman–Crippen LogP) is 5.69. The predicted molar refractivity (Wildman–Crippen MR) is 123 cm³/mol. The van der Waals surface area contributed by atoms with Crippen molar-refractivity contribution in [2.45, 2.75) is 6.92 Å². The maximum atomic E-state index is 12.2. The Hall–Kier alpha value is -3.55. The number of carbonyl (C=O) groups is 1. The summed E-state index contributed by atoms with van der Waals surface area (Å²) >= 11 is 11.9. The van der Waals surface area contributed by atoms with Gasteiger partial charge in [-0.1, -0.05) is 23.2 Å². The zero-order chi connectivity index (χ0) is 22.5. The van der Waals surface area contributed by atoms with E-state index in [9.17, 15) is 4.79 Å². The number of rotatable bonds is 7. The van der Waals surface area contributed by atoms with Crippen molar-refractivity contribution < 1.29 is 14.3 Å². The van der Waals surface area contributed by atoms with Gasteiger partial charge in [0, 0.05) is 29.2 Å². The second-order valence-electron chi connectivity index (χ2n) is 6.74. The molecular weight excluding hydrogens is 451 g/mol. The molecule has 162 valence electrons. The standard InChI is InChI=1S/C23H18Cl2N4O3/c1-15-26-21(29-10-2-3-11-29)13-23(27-15)32-18-7-5-17(6-8-18)28-22(30)14-31-20-9-4-16(24)12-19(20)25/h2-13H,14H2,1H3,(H,28,30). The summed E-state index contributed by atoms with van der Waals surface area (Å²) < 4.78 is 13.2. The summed E-state index contributed by atoms with van der Waals surface area (Å²) in [4.78, 5) is 20.9. The fraction of sp³-hybridized carbons (Fsp3) is 0.0870. The van der Waals surface area contributed by atoms with Gasteiger partial charge in [-0.2, -0.15) is 4.98 Å².